The molecule has 0 fully saturated rings. The van der Waals surface area contributed by atoms with Crippen LogP contribution in [0.3, 0.4) is 0 Å². The molecular formula is C9H16BrN. The van der Waals surface area contributed by atoms with Gasteiger partial charge in [-0.15, -0.1) is 0 Å². The average molecular weight is 218 g/mol. The Morgan fingerprint density at radius 3 is 2.36 bits per heavy atom. The van der Waals surface area contributed by atoms with Crippen LogP contribution < -0.4 is 5.73 Å². The number of allylic oxidation sites excluding steroid dienone is 4. The van der Waals surface area contributed by atoms with E-state index in [1.165, 1.54) is 0 Å². The Morgan fingerprint density at radius 2 is 2.00 bits per heavy atom. The summed E-state index contributed by atoms with van der Waals surface area (Å²) in [7, 11) is 0. The molecule has 11 heavy (non-hydrogen) atoms. The van der Waals surface area contributed by atoms with E-state index in [0.29, 0.717) is 5.92 Å². The average Bonchev–Trinajstić information content (AvgIpc) is 1.82. The van der Waals surface area contributed by atoms with Gasteiger partial charge in [0.1, 0.15) is 0 Å². The van der Waals surface area contributed by atoms with E-state index in [4.69, 9.17) is 5.73 Å². The van der Waals surface area contributed by atoms with Gasteiger partial charge < -0.3 is 5.73 Å². The van der Waals surface area contributed by atoms with Gasteiger partial charge in [0, 0.05) is 5.70 Å². The van der Waals surface area contributed by atoms with Gasteiger partial charge in [-0.05, 0) is 29.8 Å². The maximum Gasteiger partial charge on any atom is 0.00833 e. The van der Waals surface area contributed by atoms with E-state index < -0.39 is 0 Å². The third-order valence-corrected chi connectivity index (χ3v) is 1.44. The van der Waals surface area contributed by atoms with Crippen molar-refractivity contribution in [1.29, 1.82) is 0 Å². The lowest BCUT2D eigenvalue weighted by atomic mass is 10.1. The Morgan fingerprint density at radius 1 is 1.45 bits per heavy atom. The molecule has 0 aromatic rings. The quantitative estimate of drug-likeness (QED) is 0.723. The molecule has 0 amide bonds. The van der Waals surface area contributed by atoms with Crippen LogP contribution in [0.4, 0.5) is 0 Å². The summed E-state index contributed by atoms with van der Waals surface area (Å²) in [6, 6.07) is 0. The summed E-state index contributed by atoms with van der Waals surface area (Å²) in [5.41, 5.74) is 6.66. The van der Waals surface area contributed by atoms with Crippen molar-refractivity contribution in [2.24, 2.45) is 11.7 Å². The zero-order valence-electron chi connectivity index (χ0n) is 7.39. The number of nitrogens with two attached hydrogens (primary N) is 1. The highest BCUT2D eigenvalue weighted by Gasteiger charge is 1.94. The molecule has 1 nitrogen and oxygen atoms in total. The number of halogens is 1. The summed E-state index contributed by atoms with van der Waals surface area (Å²) in [6.45, 7) is 6.30. The van der Waals surface area contributed by atoms with E-state index in [0.717, 1.165) is 16.6 Å². The van der Waals surface area contributed by atoms with E-state index in [9.17, 15) is 0 Å². The first kappa shape index (κ1) is 10.8. The fourth-order valence-electron chi connectivity index (χ4n) is 0.761. The van der Waals surface area contributed by atoms with E-state index in [1.807, 2.05) is 19.1 Å². The van der Waals surface area contributed by atoms with E-state index in [-0.39, 0.29) is 0 Å². The molecule has 64 valence electrons. The molecule has 0 aliphatic rings. The highest BCUT2D eigenvalue weighted by molar-refractivity contribution is 9.11. The highest BCUT2D eigenvalue weighted by atomic mass is 79.9. The maximum absolute atomic E-state index is 5.72. The van der Waals surface area contributed by atoms with Crippen LogP contribution in [-0.4, -0.2) is 0 Å². The smallest absolute Gasteiger partial charge is 0.00833 e. The van der Waals surface area contributed by atoms with Crippen molar-refractivity contribution in [2.75, 3.05) is 0 Å². The Hall–Kier alpha value is -0.240. The zero-order valence-corrected chi connectivity index (χ0v) is 8.98. The molecule has 0 aromatic carbocycles. The minimum Gasteiger partial charge on any atom is -0.402 e. The molecule has 2 heteroatoms. The minimum atomic E-state index is 0.635. The molecule has 0 heterocycles. The van der Waals surface area contributed by atoms with Crippen molar-refractivity contribution >= 4 is 15.9 Å². The molecule has 0 aliphatic carbocycles. The molecule has 0 radical (unpaired) electrons. The van der Waals surface area contributed by atoms with Gasteiger partial charge in [-0.2, -0.15) is 0 Å². The van der Waals surface area contributed by atoms with Crippen LogP contribution in [0.25, 0.3) is 0 Å². The highest BCUT2D eigenvalue weighted by Crippen LogP contribution is 2.07. The van der Waals surface area contributed by atoms with Crippen LogP contribution in [0.5, 0.6) is 0 Å². The lowest BCUT2D eigenvalue weighted by Gasteiger charge is -2.02. The molecule has 0 atom stereocenters. The van der Waals surface area contributed by atoms with E-state index in [1.54, 1.807) is 0 Å². The van der Waals surface area contributed by atoms with Crippen molar-refractivity contribution in [1.82, 2.24) is 0 Å². The molecule has 0 aliphatic heterocycles. The van der Waals surface area contributed by atoms with Gasteiger partial charge in [0.05, 0.1) is 0 Å². The standard InChI is InChI=1S/C9H16BrN/c1-7(2)6-9(11)5-4-8(3)10/h4-5,7H,6,11H2,1-3H3/b8-4+,9-5-. The van der Waals surface area contributed by atoms with Crippen molar-refractivity contribution in [3.05, 3.63) is 22.3 Å². The summed E-state index contributed by atoms with van der Waals surface area (Å²) in [4.78, 5) is 0. The molecule has 0 rings (SSSR count). The zero-order chi connectivity index (χ0) is 8.85. The van der Waals surface area contributed by atoms with Crippen LogP contribution in [-0.2, 0) is 0 Å². The fourth-order valence-corrected chi connectivity index (χ4v) is 0.893. The largest absolute Gasteiger partial charge is 0.402 e. The predicted octanol–water partition coefficient (Wildman–Crippen LogP) is 3.17. The van der Waals surface area contributed by atoms with E-state index >= 15 is 0 Å². The van der Waals surface area contributed by atoms with Crippen LogP contribution >= 0.6 is 15.9 Å². The number of rotatable bonds is 3. The summed E-state index contributed by atoms with van der Waals surface area (Å²) in [6.07, 6.45) is 4.89. The first-order valence-corrected chi connectivity index (χ1v) is 4.60. The molecule has 0 bridgehead atoms. The topological polar surface area (TPSA) is 26.0 Å². The van der Waals surface area contributed by atoms with Gasteiger partial charge in [-0.3, -0.25) is 0 Å². The first-order chi connectivity index (χ1) is 5.02. The Balaban J connectivity index is 3.91. The van der Waals surface area contributed by atoms with Crippen molar-refractivity contribution < 1.29 is 0 Å². The molecule has 0 saturated carbocycles. The van der Waals surface area contributed by atoms with Gasteiger partial charge in [-0.25, -0.2) is 0 Å². The van der Waals surface area contributed by atoms with Gasteiger partial charge in [0.2, 0.25) is 0 Å². The SMILES string of the molecule is C/C(Br)=C\C=C(/N)CC(C)C. The van der Waals surface area contributed by atoms with Crippen molar-refractivity contribution in [3.63, 3.8) is 0 Å². The maximum atomic E-state index is 5.72. The van der Waals surface area contributed by atoms with Crippen LogP contribution in [0, 0.1) is 5.92 Å². The molecule has 0 unspecified atom stereocenters. The van der Waals surface area contributed by atoms with E-state index in [2.05, 4.69) is 29.8 Å². The van der Waals surface area contributed by atoms with Crippen molar-refractivity contribution in [2.45, 2.75) is 27.2 Å². The molecular weight excluding hydrogens is 202 g/mol. The fraction of sp³-hybridized carbons (Fsp3) is 0.556. The third-order valence-electron chi connectivity index (χ3n) is 1.17. The Bertz CT molecular complexity index is 164. The third kappa shape index (κ3) is 7.66. The van der Waals surface area contributed by atoms with Gasteiger partial charge >= 0.3 is 0 Å². The molecule has 0 saturated heterocycles. The minimum absolute atomic E-state index is 0.635. The predicted molar refractivity (Wildman–Crippen MR) is 54.4 cm³/mol. The number of hydrogen-bond donors (Lipinski definition) is 1. The second-order valence-corrected chi connectivity index (χ2v) is 4.34. The Labute approximate surface area is 77.5 Å². The van der Waals surface area contributed by atoms with Crippen LogP contribution in [0.1, 0.15) is 27.2 Å². The normalized spacial score (nSPS) is 14.3. The summed E-state index contributed by atoms with van der Waals surface area (Å²) < 4.78 is 1.10. The van der Waals surface area contributed by atoms with Gasteiger partial charge in [-0.1, -0.05) is 35.9 Å². The summed E-state index contributed by atoms with van der Waals surface area (Å²) in [5.74, 6) is 0.635. The summed E-state index contributed by atoms with van der Waals surface area (Å²) >= 11 is 3.33. The van der Waals surface area contributed by atoms with Gasteiger partial charge in [0.15, 0.2) is 0 Å². The van der Waals surface area contributed by atoms with Crippen molar-refractivity contribution in [3.8, 4) is 0 Å². The van der Waals surface area contributed by atoms with Crippen LogP contribution in [0.2, 0.25) is 0 Å². The Kier molecular flexibility index (Phi) is 5.30. The second-order valence-electron chi connectivity index (χ2n) is 3.09. The molecule has 2 N–H and O–H groups in total. The van der Waals surface area contributed by atoms with Gasteiger partial charge in [0.25, 0.3) is 0 Å². The molecule has 0 spiro atoms. The second kappa shape index (κ2) is 5.42. The van der Waals surface area contributed by atoms with Crippen LogP contribution in [0.15, 0.2) is 22.3 Å². The monoisotopic (exact) mass is 217 g/mol. The molecule has 0 aromatic heterocycles. The number of hydrogen-bond acceptors (Lipinski definition) is 1. The lowest BCUT2D eigenvalue weighted by molar-refractivity contribution is 0.638. The lowest BCUT2D eigenvalue weighted by Crippen LogP contribution is -2.00. The first-order valence-electron chi connectivity index (χ1n) is 3.80. The summed E-state index contributed by atoms with van der Waals surface area (Å²) in [5, 5.41) is 0.